The highest BCUT2D eigenvalue weighted by molar-refractivity contribution is 6.03. The Hall–Kier alpha value is -3.41. The minimum atomic E-state index is -0.277. The van der Waals surface area contributed by atoms with Crippen LogP contribution in [0.4, 0.5) is 11.6 Å². The minimum Gasteiger partial charge on any atom is -0.494 e. The van der Waals surface area contributed by atoms with Crippen molar-refractivity contribution in [3.8, 4) is 5.75 Å². The zero-order valence-electron chi connectivity index (χ0n) is 17.0. The minimum absolute atomic E-state index is 0.180. The molecule has 2 aromatic carbocycles. The second kappa shape index (κ2) is 9.68. The summed E-state index contributed by atoms with van der Waals surface area (Å²) in [6.45, 7) is 7.37. The average Bonchev–Trinajstić information content (AvgIpc) is 2.74. The Bertz CT molecular complexity index is 927. The Kier molecular flexibility index (Phi) is 6.79. The van der Waals surface area contributed by atoms with E-state index in [1.54, 1.807) is 24.4 Å². The molecule has 0 aliphatic carbocycles. The second-order valence-corrected chi connectivity index (χ2v) is 6.86. The quantitative estimate of drug-likeness (QED) is 0.611. The van der Waals surface area contributed by atoms with Crippen molar-refractivity contribution in [3.05, 3.63) is 78.1 Å². The molecule has 0 saturated heterocycles. The number of carbonyl (C=O) groups is 1. The van der Waals surface area contributed by atoms with Gasteiger partial charge in [0.05, 0.1) is 6.61 Å². The molecule has 1 N–H and O–H groups in total. The molecular formula is C23H26N4O2. The molecular weight excluding hydrogens is 364 g/mol. The lowest BCUT2D eigenvalue weighted by molar-refractivity contribution is 0.102. The lowest BCUT2D eigenvalue weighted by atomic mass is 10.2. The molecule has 3 rings (SSSR count). The van der Waals surface area contributed by atoms with Crippen LogP contribution in [0.3, 0.4) is 0 Å². The first-order chi connectivity index (χ1) is 14.1. The number of rotatable bonds is 8. The zero-order chi connectivity index (χ0) is 20.6. The van der Waals surface area contributed by atoms with Crippen molar-refractivity contribution in [2.45, 2.75) is 33.4 Å². The highest BCUT2D eigenvalue weighted by Crippen LogP contribution is 2.18. The Morgan fingerprint density at radius 3 is 2.45 bits per heavy atom. The normalized spacial score (nSPS) is 10.6. The number of nitrogens with one attached hydrogen (secondary N) is 1. The number of nitrogens with zero attached hydrogens (tertiary/aromatic N) is 3. The number of carbonyl (C=O) groups excluding carboxylic acids is 1. The van der Waals surface area contributed by atoms with Crippen LogP contribution in [0, 0.1) is 0 Å². The third kappa shape index (κ3) is 5.54. The Morgan fingerprint density at radius 1 is 1.07 bits per heavy atom. The summed E-state index contributed by atoms with van der Waals surface area (Å²) in [6, 6.07) is 19.2. The van der Waals surface area contributed by atoms with Crippen LogP contribution in [-0.4, -0.2) is 28.5 Å². The van der Waals surface area contributed by atoms with E-state index in [2.05, 4.69) is 46.2 Å². The van der Waals surface area contributed by atoms with E-state index in [1.165, 1.54) is 0 Å². The van der Waals surface area contributed by atoms with Gasteiger partial charge in [0.25, 0.3) is 5.91 Å². The number of benzene rings is 2. The summed E-state index contributed by atoms with van der Waals surface area (Å²) < 4.78 is 5.42. The molecule has 0 fully saturated rings. The van der Waals surface area contributed by atoms with Crippen LogP contribution >= 0.6 is 0 Å². The molecule has 1 aromatic heterocycles. The Labute approximate surface area is 171 Å². The van der Waals surface area contributed by atoms with Gasteiger partial charge in [-0.25, -0.2) is 9.97 Å². The molecule has 0 aliphatic heterocycles. The SMILES string of the molecule is CCOc1ccc(NC(=O)c2ccnc(N(Cc3ccccc3)C(C)C)n2)cc1. The summed E-state index contributed by atoms with van der Waals surface area (Å²) in [5.41, 5.74) is 2.17. The van der Waals surface area contributed by atoms with Crippen LogP contribution in [0.1, 0.15) is 36.8 Å². The highest BCUT2D eigenvalue weighted by atomic mass is 16.5. The van der Waals surface area contributed by atoms with E-state index in [0.29, 0.717) is 30.5 Å². The molecule has 0 spiro atoms. The zero-order valence-corrected chi connectivity index (χ0v) is 17.0. The van der Waals surface area contributed by atoms with Gasteiger partial charge in [-0.05, 0) is 56.7 Å². The fraction of sp³-hybridized carbons (Fsp3) is 0.261. The van der Waals surface area contributed by atoms with Crippen LogP contribution in [0.25, 0.3) is 0 Å². The van der Waals surface area contributed by atoms with Crippen LogP contribution in [0.2, 0.25) is 0 Å². The molecule has 6 nitrogen and oxygen atoms in total. The van der Waals surface area contributed by atoms with Crippen molar-refractivity contribution in [3.63, 3.8) is 0 Å². The molecule has 0 saturated carbocycles. The standard InChI is InChI=1S/C23H26N4O2/c1-4-29-20-12-10-19(11-13-20)25-22(28)21-14-15-24-23(26-21)27(17(2)3)16-18-8-6-5-7-9-18/h5-15,17H,4,16H2,1-3H3,(H,25,28). The van der Waals surface area contributed by atoms with Crippen LogP contribution in [0.5, 0.6) is 5.75 Å². The van der Waals surface area contributed by atoms with Crippen LogP contribution in [-0.2, 0) is 6.54 Å². The highest BCUT2D eigenvalue weighted by Gasteiger charge is 2.17. The molecule has 3 aromatic rings. The number of hydrogen-bond acceptors (Lipinski definition) is 5. The van der Waals surface area contributed by atoms with E-state index >= 15 is 0 Å². The van der Waals surface area contributed by atoms with Gasteiger partial charge in [0.2, 0.25) is 5.95 Å². The van der Waals surface area contributed by atoms with E-state index in [4.69, 9.17) is 4.74 Å². The summed E-state index contributed by atoms with van der Waals surface area (Å²) >= 11 is 0. The van der Waals surface area contributed by atoms with Gasteiger partial charge in [0.15, 0.2) is 0 Å². The van der Waals surface area contributed by atoms with Gasteiger partial charge in [-0.1, -0.05) is 30.3 Å². The predicted molar refractivity (Wildman–Crippen MR) is 115 cm³/mol. The van der Waals surface area contributed by atoms with Gasteiger partial charge in [-0.15, -0.1) is 0 Å². The average molecular weight is 390 g/mol. The van der Waals surface area contributed by atoms with Gasteiger partial charge in [-0.2, -0.15) is 0 Å². The van der Waals surface area contributed by atoms with E-state index in [0.717, 1.165) is 11.3 Å². The van der Waals surface area contributed by atoms with E-state index in [-0.39, 0.29) is 11.9 Å². The first kappa shape index (κ1) is 20.3. The summed E-state index contributed by atoms with van der Waals surface area (Å²) in [5.74, 6) is 1.02. The van der Waals surface area contributed by atoms with Gasteiger partial charge in [0.1, 0.15) is 11.4 Å². The lowest BCUT2D eigenvalue weighted by Crippen LogP contribution is -2.32. The van der Waals surface area contributed by atoms with Crippen molar-refractivity contribution in [1.29, 1.82) is 0 Å². The van der Waals surface area contributed by atoms with Crippen molar-refractivity contribution >= 4 is 17.5 Å². The number of ether oxygens (including phenoxy) is 1. The smallest absolute Gasteiger partial charge is 0.274 e. The van der Waals surface area contributed by atoms with Crippen molar-refractivity contribution in [2.24, 2.45) is 0 Å². The van der Waals surface area contributed by atoms with Gasteiger partial charge >= 0.3 is 0 Å². The fourth-order valence-corrected chi connectivity index (χ4v) is 2.87. The van der Waals surface area contributed by atoms with E-state index in [9.17, 15) is 4.79 Å². The Balaban J connectivity index is 1.75. The van der Waals surface area contributed by atoms with Crippen LogP contribution in [0.15, 0.2) is 66.9 Å². The molecule has 150 valence electrons. The van der Waals surface area contributed by atoms with Gasteiger partial charge in [0, 0.05) is 24.5 Å². The maximum absolute atomic E-state index is 12.7. The second-order valence-electron chi connectivity index (χ2n) is 6.86. The van der Waals surface area contributed by atoms with Gasteiger partial charge < -0.3 is 15.0 Å². The lowest BCUT2D eigenvalue weighted by Gasteiger charge is -2.27. The molecule has 0 bridgehead atoms. The predicted octanol–water partition coefficient (Wildman–Crippen LogP) is 4.54. The molecule has 29 heavy (non-hydrogen) atoms. The summed E-state index contributed by atoms with van der Waals surface area (Å²) in [7, 11) is 0. The number of amides is 1. The monoisotopic (exact) mass is 390 g/mol. The topological polar surface area (TPSA) is 67.3 Å². The maximum Gasteiger partial charge on any atom is 0.274 e. The molecule has 0 unspecified atom stereocenters. The number of hydrogen-bond donors (Lipinski definition) is 1. The van der Waals surface area contributed by atoms with Crippen molar-refractivity contribution < 1.29 is 9.53 Å². The maximum atomic E-state index is 12.7. The summed E-state index contributed by atoms with van der Waals surface area (Å²) in [6.07, 6.45) is 1.62. The molecule has 0 radical (unpaired) electrons. The van der Waals surface area contributed by atoms with E-state index in [1.807, 2.05) is 37.3 Å². The van der Waals surface area contributed by atoms with Crippen LogP contribution < -0.4 is 15.0 Å². The number of anilines is 2. The summed E-state index contributed by atoms with van der Waals surface area (Å²) in [4.78, 5) is 23.7. The molecule has 0 atom stereocenters. The molecule has 1 heterocycles. The molecule has 1 amide bonds. The van der Waals surface area contributed by atoms with Crippen molar-refractivity contribution in [2.75, 3.05) is 16.8 Å². The first-order valence-corrected chi connectivity index (χ1v) is 9.74. The van der Waals surface area contributed by atoms with E-state index < -0.39 is 0 Å². The van der Waals surface area contributed by atoms with Gasteiger partial charge in [-0.3, -0.25) is 4.79 Å². The fourth-order valence-electron chi connectivity index (χ4n) is 2.87. The largest absolute Gasteiger partial charge is 0.494 e. The third-order valence-electron chi connectivity index (χ3n) is 4.37. The third-order valence-corrected chi connectivity index (χ3v) is 4.37. The molecule has 0 aliphatic rings. The number of aromatic nitrogens is 2. The molecule has 6 heteroatoms. The first-order valence-electron chi connectivity index (χ1n) is 9.74. The summed E-state index contributed by atoms with van der Waals surface area (Å²) in [5, 5.41) is 2.87. The van der Waals surface area contributed by atoms with Crippen molar-refractivity contribution in [1.82, 2.24) is 9.97 Å². The Morgan fingerprint density at radius 2 is 1.79 bits per heavy atom.